The zero-order valence-electron chi connectivity index (χ0n) is 9.10. The number of hydrogen-bond donors (Lipinski definition) is 2. The summed E-state index contributed by atoms with van der Waals surface area (Å²) in [6.45, 7) is 4.12. The van der Waals surface area contributed by atoms with Crippen LogP contribution in [0.2, 0.25) is 0 Å². The lowest BCUT2D eigenvalue weighted by Crippen LogP contribution is -2.34. The van der Waals surface area contributed by atoms with E-state index in [-0.39, 0.29) is 17.9 Å². The standard InChI is InChI=1S/C11H17N3O/c1-8(7-12)11(15)14-9(2)10-3-5-13-6-4-10/h3-6,8-9H,7,12H2,1-2H3,(H,14,15)/t8?,9-/m0/s1. The molecule has 3 N–H and O–H groups in total. The van der Waals surface area contributed by atoms with Crippen LogP contribution in [0.15, 0.2) is 24.5 Å². The fraction of sp³-hybridized carbons (Fsp3) is 0.455. The van der Waals surface area contributed by atoms with Gasteiger partial charge in [-0.3, -0.25) is 9.78 Å². The summed E-state index contributed by atoms with van der Waals surface area (Å²) < 4.78 is 0. The number of nitrogens with zero attached hydrogens (tertiary/aromatic N) is 1. The first-order valence-corrected chi connectivity index (χ1v) is 5.05. The smallest absolute Gasteiger partial charge is 0.224 e. The minimum atomic E-state index is -0.144. The van der Waals surface area contributed by atoms with Crippen LogP contribution in [0.1, 0.15) is 25.5 Å². The van der Waals surface area contributed by atoms with Crippen LogP contribution in [0, 0.1) is 5.92 Å². The molecule has 2 atom stereocenters. The lowest BCUT2D eigenvalue weighted by molar-refractivity contribution is -0.124. The lowest BCUT2D eigenvalue weighted by Gasteiger charge is -2.16. The van der Waals surface area contributed by atoms with Crippen LogP contribution in [0.4, 0.5) is 0 Å². The fourth-order valence-corrected chi connectivity index (χ4v) is 1.20. The molecule has 1 aromatic rings. The van der Waals surface area contributed by atoms with Gasteiger partial charge in [0.05, 0.1) is 6.04 Å². The Hall–Kier alpha value is -1.42. The highest BCUT2D eigenvalue weighted by Gasteiger charge is 2.14. The molecule has 1 aromatic heterocycles. The molecule has 4 heteroatoms. The van der Waals surface area contributed by atoms with Crippen molar-refractivity contribution in [2.45, 2.75) is 19.9 Å². The first-order chi connectivity index (χ1) is 7.15. The number of nitrogens with one attached hydrogen (secondary N) is 1. The molecule has 1 unspecified atom stereocenters. The average molecular weight is 207 g/mol. The summed E-state index contributed by atoms with van der Waals surface area (Å²) in [6, 6.07) is 3.77. The van der Waals surface area contributed by atoms with Crippen molar-refractivity contribution in [1.82, 2.24) is 10.3 Å². The van der Waals surface area contributed by atoms with Crippen molar-refractivity contribution in [3.63, 3.8) is 0 Å². The van der Waals surface area contributed by atoms with Gasteiger partial charge in [0.2, 0.25) is 5.91 Å². The molecule has 15 heavy (non-hydrogen) atoms. The SMILES string of the molecule is CC(CN)C(=O)N[C@@H](C)c1ccncc1. The minimum absolute atomic E-state index is 0.00509. The van der Waals surface area contributed by atoms with Crippen LogP contribution in [-0.2, 0) is 4.79 Å². The topological polar surface area (TPSA) is 68.0 Å². The number of aromatic nitrogens is 1. The average Bonchev–Trinajstić information content (AvgIpc) is 2.29. The third-order valence-corrected chi connectivity index (χ3v) is 2.37. The Kier molecular flexibility index (Phi) is 4.24. The molecular formula is C11H17N3O. The molecule has 0 saturated heterocycles. The summed E-state index contributed by atoms with van der Waals surface area (Å²) in [5.41, 5.74) is 6.46. The Morgan fingerprint density at radius 3 is 2.60 bits per heavy atom. The Balaban J connectivity index is 2.56. The van der Waals surface area contributed by atoms with Gasteiger partial charge in [0.15, 0.2) is 0 Å². The van der Waals surface area contributed by atoms with E-state index in [1.165, 1.54) is 0 Å². The van der Waals surface area contributed by atoms with E-state index >= 15 is 0 Å². The van der Waals surface area contributed by atoms with E-state index in [0.717, 1.165) is 5.56 Å². The van der Waals surface area contributed by atoms with Crippen molar-refractivity contribution in [3.05, 3.63) is 30.1 Å². The summed E-state index contributed by atoms with van der Waals surface area (Å²) in [5, 5.41) is 2.90. The van der Waals surface area contributed by atoms with Gasteiger partial charge in [-0.25, -0.2) is 0 Å². The van der Waals surface area contributed by atoms with Gasteiger partial charge in [-0.05, 0) is 24.6 Å². The molecule has 4 nitrogen and oxygen atoms in total. The summed E-state index contributed by atoms with van der Waals surface area (Å²) in [5.74, 6) is -0.156. The van der Waals surface area contributed by atoms with Crippen molar-refractivity contribution in [2.24, 2.45) is 11.7 Å². The maximum atomic E-state index is 11.6. The largest absolute Gasteiger partial charge is 0.349 e. The molecular weight excluding hydrogens is 190 g/mol. The van der Waals surface area contributed by atoms with Gasteiger partial charge in [-0.2, -0.15) is 0 Å². The second-order valence-electron chi connectivity index (χ2n) is 3.65. The van der Waals surface area contributed by atoms with Gasteiger partial charge in [0.25, 0.3) is 0 Å². The molecule has 1 amide bonds. The predicted molar refractivity (Wildman–Crippen MR) is 59.0 cm³/mol. The number of nitrogens with two attached hydrogens (primary N) is 1. The molecule has 0 bridgehead atoms. The number of amides is 1. The molecule has 0 aliphatic rings. The van der Waals surface area contributed by atoms with Crippen LogP contribution in [0.3, 0.4) is 0 Å². The third-order valence-electron chi connectivity index (χ3n) is 2.37. The quantitative estimate of drug-likeness (QED) is 0.769. The molecule has 1 rings (SSSR count). The first kappa shape index (κ1) is 11.7. The van der Waals surface area contributed by atoms with E-state index in [9.17, 15) is 4.79 Å². The number of hydrogen-bond acceptors (Lipinski definition) is 3. The van der Waals surface area contributed by atoms with Gasteiger partial charge in [-0.1, -0.05) is 6.92 Å². The second-order valence-corrected chi connectivity index (χ2v) is 3.65. The highest BCUT2D eigenvalue weighted by atomic mass is 16.1. The maximum Gasteiger partial charge on any atom is 0.224 e. The zero-order chi connectivity index (χ0) is 11.3. The van der Waals surface area contributed by atoms with Gasteiger partial charge in [0, 0.05) is 24.9 Å². The lowest BCUT2D eigenvalue weighted by atomic mass is 10.1. The normalized spacial score (nSPS) is 14.3. The Morgan fingerprint density at radius 1 is 1.47 bits per heavy atom. The highest BCUT2D eigenvalue weighted by Crippen LogP contribution is 2.10. The Bertz CT molecular complexity index is 313. The predicted octanol–water partition coefficient (Wildman–Crippen LogP) is 0.854. The van der Waals surface area contributed by atoms with Gasteiger partial charge < -0.3 is 11.1 Å². The Morgan fingerprint density at radius 2 is 2.07 bits per heavy atom. The molecule has 0 radical (unpaired) electrons. The summed E-state index contributed by atoms with van der Waals surface area (Å²) in [4.78, 5) is 15.5. The maximum absolute atomic E-state index is 11.6. The van der Waals surface area contributed by atoms with Crippen LogP contribution >= 0.6 is 0 Å². The van der Waals surface area contributed by atoms with Crippen LogP contribution in [-0.4, -0.2) is 17.4 Å². The van der Waals surface area contributed by atoms with Gasteiger partial charge in [0.1, 0.15) is 0 Å². The number of rotatable bonds is 4. The van der Waals surface area contributed by atoms with E-state index in [0.29, 0.717) is 6.54 Å². The van der Waals surface area contributed by atoms with E-state index < -0.39 is 0 Å². The second kappa shape index (κ2) is 5.46. The monoisotopic (exact) mass is 207 g/mol. The summed E-state index contributed by atoms with van der Waals surface area (Å²) in [7, 11) is 0. The summed E-state index contributed by atoms with van der Waals surface area (Å²) in [6.07, 6.45) is 3.43. The molecule has 0 aliphatic carbocycles. The van der Waals surface area contributed by atoms with Crippen molar-refractivity contribution in [1.29, 1.82) is 0 Å². The van der Waals surface area contributed by atoms with Crippen molar-refractivity contribution < 1.29 is 4.79 Å². The van der Waals surface area contributed by atoms with Crippen LogP contribution < -0.4 is 11.1 Å². The van der Waals surface area contributed by atoms with Crippen LogP contribution in [0.5, 0.6) is 0 Å². The third kappa shape index (κ3) is 3.32. The molecule has 0 saturated carbocycles. The molecule has 82 valence electrons. The van der Waals surface area contributed by atoms with Gasteiger partial charge >= 0.3 is 0 Å². The molecule has 0 fully saturated rings. The van der Waals surface area contributed by atoms with E-state index in [1.54, 1.807) is 12.4 Å². The molecule has 0 aromatic carbocycles. The van der Waals surface area contributed by atoms with Gasteiger partial charge in [-0.15, -0.1) is 0 Å². The summed E-state index contributed by atoms with van der Waals surface area (Å²) >= 11 is 0. The minimum Gasteiger partial charge on any atom is -0.349 e. The van der Waals surface area contributed by atoms with Crippen LogP contribution in [0.25, 0.3) is 0 Å². The van der Waals surface area contributed by atoms with Crippen molar-refractivity contribution >= 4 is 5.91 Å². The van der Waals surface area contributed by atoms with E-state index in [4.69, 9.17) is 5.73 Å². The molecule has 0 aliphatic heterocycles. The Labute approximate surface area is 89.9 Å². The van der Waals surface area contributed by atoms with Crippen molar-refractivity contribution in [3.8, 4) is 0 Å². The van der Waals surface area contributed by atoms with Crippen molar-refractivity contribution in [2.75, 3.05) is 6.54 Å². The number of pyridine rings is 1. The zero-order valence-corrected chi connectivity index (χ0v) is 9.10. The van der Waals surface area contributed by atoms with E-state index in [1.807, 2.05) is 26.0 Å². The first-order valence-electron chi connectivity index (χ1n) is 5.05. The molecule has 1 heterocycles. The number of carbonyl (C=O) groups excluding carboxylic acids is 1. The number of carbonyl (C=O) groups is 1. The fourth-order valence-electron chi connectivity index (χ4n) is 1.20. The molecule has 0 spiro atoms. The van der Waals surface area contributed by atoms with E-state index in [2.05, 4.69) is 10.3 Å². The highest BCUT2D eigenvalue weighted by molar-refractivity contribution is 5.78.